The molecule has 3 aromatic rings. The molecule has 7 nitrogen and oxygen atoms in total. The molecule has 1 aromatic heterocycles. The predicted molar refractivity (Wildman–Crippen MR) is 85.3 cm³/mol. The Morgan fingerprint density at radius 1 is 0.783 bits per heavy atom. The Bertz CT molecular complexity index is 892. The van der Waals surface area contributed by atoms with E-state index in [4.69, 9.17) is 0 Å². The molecule has 0 aliphatic rings. The second-order valence-corrected chi connectivity index (χ2v) is 4.72. The quantitative estimate of drug-likeness (QED) is 0.678. The van der Waals surface area contributed by atoms with E-state index >= 15 is 0 Å². The lowest BCUT2D eigenvalue weighted by molar-refractivity contribution is 0.388. The number of azo groups is 2. The van der Waals surface area contributed by atoms with Crippen molar-refractivity contribution >= 4 is 22.7 Å². The van der Waals surface area contributed by atoms with Crippen molar-refractivity contribution in [2.24, 2.45) is 20.5 Å². The normalized spacial score (nSPS) is 11.5. The lowest BCUT2D eigenvalue weighted by atomic mass is 10.3. The van der Waals surface area contributed by atoms with Gasteiger partial charge >= 0.3 is 5.63 Å². The number of benzene rings is 2. The van der Waals surface area contributed by atoms with Crippen molar-refractivity contribution in [2.45, 2.75) is 6.92 Å². The number of nitrogens with zero attached hydrogens (tertiary/aromatic N) is 4. The molecule has 0 spiro atoms. The summed E-state index contributed by atoms with van der Waals surface area (Å²) in [7, 11) is 0. The maximum absolute atomic E-state index is 11.4. The molecule has 0 unspecified atom stereocenters. The number of aromatic nitrogens is 1. The standard InChI is InChI=1S/C16H13N5O2/c1-11-15(16(22)23-21-11)20-19-14-9-7-13(8-10-14)18-17-12-5-3-2-4-6-12/h2-10,21H,1H3. The van der Waals surface area contributed by atoms with E-state index in [2.05, 4.69) is 30.1 Å². The van der Waals surface area contributed by atoms with Crippen molar-refractivity contribution in [2.75, 3.05) is 0 Å². The Hall–Kier alpha value is -3.35. The van der Waals surface area contributed by atoms with Crippen molar-refractivity contribution in [3.05, 3.63) is 70.7 Å². The number of rotatable bonds is 4. The van der Waals surface area contributed by atoms with Crippen LogP contribution in [0.3, 0.4) is 0 Å². The Labute approximate surface area is 131 Å². The number of aromatic amines is 1. The van der Waals surface area contributed by atoms with Gasteiger partial charge in [0.2, 0.25) is 0 Å². The molecule has 0 aliphatic heterocycles. The van der Waals surface area contributed by atoms with E-state index in [1.165, 1.54) is 0 Å². The first-order chi connectivity index (χ1) is 11.2. The fourth-order valence-electron chi connectivity index (χ4n) is 1.79. The molecule has 0 fully saturated rings. The Morgan fingerprint density at radius 3 is 1.83 bits per heavy atom. The number of hydrogen-bond acceptors (Lipinski definition) is 6. The smallest absolute Gasteiger partial charge is 0.336 e. The van der Waals surface area contributed by atoms with E-state index < -0.39 is 5.63 Å². The van der Waals surface area contributed by atoms with Crippen LogP contribution < -0.4 is 5.63 Å². The van der Waals surface area contributed by atoms with Gasteiger partial charge < -0.3 is 4.52 Å². The predicted octanol–water partition coefficient (Wildman–Crippen LogP) is 5.11. The van der Waals surface area contributed by atoms with Gasteiger partial charge in [0.25, 0.3) is 0 Å². The summed E-state index contributed by atoms with van der Waals surface area (Å²) < 4.78 is 4.62. The first-order valence-electron chi connectivity index (χ1n) is 6.89. The molecule has 1 N–H and O–H groups in total. The topological polar surface area (TPSA) is 95.4 Å². The first-order valence-corrected chi connectivity index (χ1v) is 6.89. The molecule has 0 aliphatic carbocycles. The summed E-state index contributed by atoms with van der Waals surface area (Å²) in [5.41, 5.74) is 2.24. The monoisotopic (exact) mass is 307 g/mol. The fourth-order valence-corrected chi connectivity index (χ4v) is 1.79. The van der Waals surface area contributed by atoms with Gasteiger partial charge in [-0.25, -0.2) is 9.95 Å². The summed E-state index contributed by atoms with van der Waals surface area (Å²) in [6.07, 6.45) is 0. The van der Waals surface area contributed by atoms with Crippen molar-refractivity contribution in [3.8, 4) is 0 Å². The van der Waals surface area contributed by atoms with Crippen LogP contribution in [0.1, 0.15) is 5.69 Å². The van der Waals surface area contributed by atoms with E-state index in [0.29, 0.717) is 17.1 Å². The third-order valence-electron chi connectivity index (χ3n) is 3.00. The van der Waals surface area contributed by atoms with Crippen LogP contribution in [0.4, 0.5) is 22.7 Å². The van der Waals surface area contributed by atoms with Crippen molar-refractivity contribution in [3.63, 3.8) is 0 Å². The zero-order valence-electron chi connectivity index (χ0n) is 12.3. The minimum atomic E-state index is -0.542. The number of hydrogen-bond donors (Lipinski definition) is 1. The lowest BCUT2D eigenvalue weighted by Gasteiger charge is -1.94. The number of nitrogens with one attached hydrogen (secondary N) is 1. The molecule has 0 atom stereocenters. The minimum Gasteiger partial charge on any atom is -0.336 e. The second kappa shape index (κ2) is 6.61. The van der Waals surface area contributed by atoms with Crippen LogP contribution in [0, 0.1) is 6.92 Å². The van der Waals surface area contributed by atoms with Crippen LogP contribution in [-0.4, -0.2) is 5.16 Å². The van der Waals surface area contributed by atoms with Gasteiger partial charge in [-0.3, -0.25) is 0 Å². The molecule has 0 amide bonds. The van der Waals surface area contributed by atoms with Gasteiger partial charge in [0, 0.05) is 0 Å². The highest BCUT2D eigenvalue weighted by Crippen LogP contribution is 2.23. The average Bonchev–Trinajstić information content (AvgIpc) is 2.91. The molecule has 3 rings (SSSR count). The highest BCUT2D eigenvalue weighted by Gasteiger charge is 2.06. The van der Waals surface area contributed by atoms with Crippen LogP contribution in [0.15, 0.2) is 84.4 Å². The molecule has 23 heavy (non-hydrogen) atoms. The summed E-state index contributed by atoms with van der Waals surface area (Å²) in [6.45, 7) is 1.69. The van der Waals surface area contributed by atoms with Gasteiger partial charge in [0.15, 0.2) is 5.69 Å². The second-order valence-electron chi connectivity index (χ2n) is 4.72. The van der Waals surface area contributed by atoms with Crippen LogP contribution in [0.5, 0.6) is 0 Å². The van der Waals surface area contributed by atoms with E-state index in [9.17, 15) is 4.79 Å². The summed E-state index contributed by atoms with van der Waals surface area (Å²) in [5, 5.41) is 18.6. The zero-order valence-corrected chi connectivity index (χ0v) is 12.3. The van der Waals surface area contributed by atoms with Crippen molar-refractivity contribution in [1.29, 1.82) is 0 Å². The fraction of sp³-hybridized carbons (Fsp3) is 0.0625. The molecule has 0 saturated heterocycles. The highest BCUT2D eigenvalue weighted by atomic mass is 16.5. The van der Waals surface area contributed by atoms with Gasteiger partial charge in [-0.1, -0.05) is 18.2 Å². The molecular formula is C16H13N5O2. The van der Waals surface area contributed by atoms with Gasteiger partial charge in [-0.2, -0.15) is 15.3 Å². The van der Waals surface area contributed by atoms with Gasteiger partial charge in [0.1, 0.15) is 0 Å². The van der Waals surface area contributed by atoms with Gasteiger partial charge in [-0.15, -0.1) is 5.11 Å². The Kier molecular flexibility index (Phi) is 4.19. The molecule has 114 valence electrons. The molecular weight excluding hydrogens is 294 g/mol. The van der Waals surface area contributed by atoms with Crippen molar-refractivity contribution < 1.29 is 4.52 Å². The Balaban J connectivity index is 1.72. The molecule has 0 bridgehead atoms. The minimum absolute atomic E-state index is 0.165. The van der Waals surface area contributed by atoms with E-state index in [0.717, 1.165) is 5.69 Å². The molecule has 2 aromatic carbocycles. The molecule has 7 heteroatoms. The number of H-pyrrole nitrogens is 1. The van der Waals surface area contributed by atoms with E-state index in [1.807, 2.05) is 30.3 Å². The molecule has 0 radical (unpaired) electrons. The van der Waals surface area contributed by atoms with E-state index in [-0.39, 0.29) is 5.69 Å². The maximum atomic E-state index is 11.4. The summed E-state index contributed by atoms with van der Waals surface area (Å²) in [4.78, 5) is 11.4. The first kappa shape index (κ1) is 14.6. The van der Waals surface area contributed by atoms with Crippen LogP contribution >= 0.6 is 0 Å². The highest BCUT2D eigenvalue weighted by molar-refractivity contribution is 5.48. The largest absolute Gasteiger partial charge is 0.384 e. The van der Waals surface area contributed by atoms with Gasteiger partial charge in [-0.05, 0) is 43.3 Å². The average molecular weight is 307 g/mol. The summed E-state index contributed by atoms with van der Waals surface area (Å²) >= 11 is 0. The third kappa shape index (κ3) is 3.65. The van der Waals surface area contributed by atoms with E-state index in [1.54, 1.807) is 31.2 Å². The maximum Gasteiger partial charge on any atom is 0.384 e. The lowest BCUT2D eigenvalue weighted by Crippen LogP contribution is -1.89. The van der Waals surface area contributed by atoms with Crippen molar-refractivity contribution in [1.82, 2.24) is 5.16 Å². The van der Waals surface area contributed by atoms with Crippen LogP contribution in [0.25, 0.3) is 0 Å². The summed E-state index contributed by atoms with van der Waals surface area (Å²) in [5.74, 6) is 0. The SMILES string of the molecule is Cc1[nH]oc(=O)c1N=Nc1ccc(N=Nc2ccccc2)cc1. The Morgan fingerprint density at radius 2 is 1.30 bits per heavy atom. The zero-order chi connectivity index (χ0) is 16.1. The third-order valence-corrected chi connectivity index (χ3v) is 3.00. The van der Waals surface area contributed by atoms with Gasteiger partial charge in [0.05, 0.1) is 22.8 Å². The van der Waals surface area contributed by atoms with Crippen LogP contribution in [-0.2, 0) is 0 Å². The molecule has 1 heterocycles. The number of aryl methyl sites for hydroxylation is 1. The molecule has 0 saturated carbocycles. The van der Waals surface area contributed by atoms with Crippen LogP contribution in [0.2, 0.25) is 0 Å². The summed E-state index contributed by atoms with van der Waals surface area (Å²) in [6, 6.07) is 16.5.